The average Bonchev–Trinajstić information content (AvgIpc) is 3.92. The molecule has 9 rings (SSSR count). The number of aromatic nitrogens is 5. The van der Waals surface area contributed by atoms with E-state index in [9.17, 15) is 0 Å². The van der Waals surface area contributed by atoms with Crippen LogP contribution in [0, 0.1) is 0 Å². The Hall–Kier alpha value is -5.11. The number of nitrogens with zero attached hydrogens (tertiary/aromatic N) is 5. The summed E-state index contributed by atoms with van der Waals surface area (Å²) in [5.41, 5.74) is 14.1. The van der Waals surface area contributed by atoms with E-state index in [1.165, 1.54) is 15.8 Å². The van der Waals surface area contributed by atoms with Crippen LogP contribution in [0.4, 0.5) is 0 Å². The number of hydrogen-bond donors (Lipinski definition) is 0. The first-order chi connectivity index (χ1) is 23.5. The lowest BCUT2D eigenvalue weighted by molar-refractivity contribution is 0.865. The zero-order valence-corrected chi connectivity index (χ0v) is 28.8. The van der Waals surface area contributed by atoms with Crippen LogP contribution in [-0.4, -0.2) is 24.1 Å². The molecule has 0 atom stereocenters. The van der Waals surface area contributed by atoms with Crippen LogP contribution in [0.3, 0.4) is 0 Å². The predicted octanol–water partition coefficient (Wildman–Crippen LogP) is 11.8. The molecule has 0 aliphatic carbocycles. The van der Waals surface area contributed by atoms with Gasteiger partial charge in [-0.05, 0) is 58.7 Å². The van der Waals surface area contributed by atoms with Gasteiger partial charge in [0.25, 0.3) is 0 Å². The molecule has 7 heteroatoms. The first kappa shape index (κ1) is 29.1. The van der Waals surface area contributed by atoms with Gasteiger partial charge in [0.2, 0.25) is 0 Å². The van der Waals surface area contributed by atoms with Crippen molar-refractivity contribution in [3.63, 3.8) is 0 Å². The van der Waals surface area contributed by atoms with E-state index >= 15 is 0 Å². The van der Waals surface area contributed by atoms with Crippen molar-refractivity contribution in [2.24, 2.45) is 0 Å². The van der Waals surface area contributed by atoms with Gasteiger partial charge in [-0.2, -0.15) is 0 Å². The molecular formula is C41H33N5S2. The average molecular weight is 660 g/mol. The van der Waals surface area contributed by atoms with Crippen molar-refractivity contribution >= 4 is 65.0 Å². The Balaban J connectivity index is 1.42. The highest BCUT2D eigenvalue weighted by molar-refractivity contribution is 7.20. The molecule has 4 aromatic heterocycles. The SMILES string of the molecule is CC(C)c1ccccc1-c1nc2ccccc2n1-c1c2ccsc2c(-n2c(-c3ccccc3C(C)C)nc3ccccc32)c2scnc12. The van der Waals surface area contributed by atoms with Crippen molar-refractivity contribution < 1.29 is 0 Å². The summed E-state index contributed by atoms with van der Waals surface area (Å²) in [7, 11) is 0. The van der Waals surface area contributed by atoms with E-state index in [0.29, 0.717) is 11.8 Å². The quantitative estimate of drug-likeness (QED) is 0.178. The van der Waals surface area contributed by atoms with Crippen molar-refractivity contribution in [2.75, 3.05) is 0 Å². The fourth-order valence-electron chi connectivity index (χ4n) is 7.20. The summed E-state index contributed by atoms with van der Waals surface area (Å²) in [6.45, 7) is 9.01. The predicted molar refractivity (Wildman–Crippen MR) is 203 cm³/mol. The lowest BCUT2D eigenvalue weighted by Crippen LogP contribution is -2.05. The minimum absolute atomic E-state index is 0.346. The molecule has 0 amide bonds. The maximum atomic E-state index is 5.31. The zero-order valence-electron chi connectivity index (χ0n) is 27.2. The van der Waals surface area contributed by atoms with Crippen molar-refractivity contribution in [1.29, 1.82) is 0 Å². The van der Waals surface area contributed by atoms with Crippen molar-refractivity contribution in [3.05, 3.63) is 125 Å². The minimum Gasteiger partial charge on any atom is -0.289 e. The third-order valence-corrected chi connectivity index (χ3v) is 11.1. The molecule has 0 saturated carbocycles. The molecule has 0 aliphatic heterocycles. The number of imidazole rings is 2. The second kappa shape index (κ2) is 11.3. The van der Waals surface area contributed by atoms with E-state index < -0.39 is 0 Å². The normalized spacial score (nSPS) is 12.1. The molecule has 48 heavy (non-hydrogen) atoms. The molecule has 0 fully saturated rings. The topological polar surface area (TPSA) is 48.5 Å². The summed E-state index contributed by atoms with van der Waals surface area (Å²) in [6, 6.07) is 36.6. The fourth-order valence-corrected chi connectivity index (χ4v) is 9.03. The number of benzene rings is 5. The number of thiazole rings is 1. The Morgan fingerprint density at radius 1 is 0.542 bits per heavy atom. The number of rotatable bonds is 6. The fraction of sp³-hybridized carbons (Fsp3) is 0.146. The first-order valence-electron chi connectivity index (χ1n) is 16.4. The smallest absolute Gasteiger partial charge is 0.146 e. The standard InChI is InChI=1S/C41H33N5S2/c1-24(2)26-13-5-7-15-28(26)40-43-31-17-9-11-19-33(31)45(40)36-30-21-22-47-38(30)37(39-35(36)42-23-48-39)46-34-20-12-10-18-32(34)44-41(46)29-16-8-6-14-27(29)25(3)4/h5-25H,1-4H3. The highest BCUT2D eigenvalue weighted by Crippen LogP contribution is 2.46. The Morgan fingerprint density at radius 2 is 1.06 bits per heavy atom. The lowest BCUT2D eigenvalue weighted by Gasteiger charge is -2.19. The molecule has 9 aromatic rings. The molecule has 0 aliphatic rings. The largest absolute Gasteiger partial charge is 0.289 e. The summed E-state index contributed by atoms with van der Waals surface area (Å²) < 4.78 is 7.08. The lowest BCUT2D eigenvalue weighted by atomic mass is 9.96. The Kier molecular flexibility index (Phi) is 6.81. The second-order valence-electron chi connectivity index (χ2n) is 12.9. The first-order valence-corrected chi connectivity index (χ1v) is 18.2. The van der Waals surface area contributed by atoms with Gasteiger partial charge in [0.1, 0.15) is 17.2 Å². The van der Waals surface area contributed by atoms with Gasteiger partial charge in [0, 0.05) is 16.5 Å². The van der Waals surface area contributed by atoms with Crippen molar-refractivity contribution in [3.8, 4) is 34.2 Å². The van der Waals surface area contributed by atoms with Crippen LogP contribution < -0.4 is 0 Å². The van der Waals surface area contributed by atoms with Crippen molar-refractivity contribution in [1.82, 2.24) is 24.1 Å². The molecule has 234 valence electrons. The van der Waals surface area contributed by atoms with Crippen LogP contribution in [0.5, 0.6) is 0 Å². The van der Waals surface area contributed by atoms with Gasteiger partial charge < -0.3 is 0 Å². The van der Waals surface area contributed by atoms with Gasteiger partial charge in [-0.15, -0.1) is 22.7 Å². The molecule has 0 saturated heterocycles. The van der Waals surface area contributed by atoms with E-state index in [1.54, 1.807) is 22.7 Å². The number of para-hydroxylation sites is 4. The molecule has 0 radical (unpaired) electrons. The summed E-state index contributed by atoms with van der Waals surface area (Å²) in [5, 5.41) is 3.36. The van der Waals surface area contributed by atoms with Crippen molar-refractivity contribution in [2.45, 2.75) is 39.5 Å². The van der Waals surface area contributed by atoms with E-state index in [4.69, 9.17) is 15.0 Å². The Morgan fingerprint density at radius 3 is 1.65 bits per heavy atom. The van der Waals surface area contributed by atoms with Crippen LogP contribution in [0.15, 0.2) is 114 Å². The molecule has 5 aromatic carbocycles. The summed E-state index contributed by atoms with van der Waals surface area (Å²) in [5.74, 6) is 2.59. The third-order valence-electron chi connectivity index (χ3n) is 9.36. The second-order valence-corrected chi connectivity index (χ2v) is 14.7. The summed E-state index contributed by atoms with van der Waals surface area (Å²) in [6.07, 6.45) is 0. The van der Waals surface area contributed by atoms with Crippen LogP contribution >= 0.6 is 22.7 Å². The van der Waals surface area contributed by atoms with E-state index in [-0.39, 0.29) is 0 Å². The molecular weight excluding hydrogens is 627 g/mol. The molecule has 5 nitrogen and oxygen atoms in total. The third kappa shape index (κ3) is 4.31. The number of thiophene rings is 1. The van der Waals surface area contributed by atoms with Crippen LogP contribution in [0.25, 0.3) is 76.5 Å². The van der Waals surface area contributed by atoms with Gasteiger partial charge in [-0.25, -0.2) is 15.0 Å². The highest BCUT2D eigenvalue weighted by atomic mass is 32.1. The molecule has 0 bridgehead atoms. The van der Waals surface area contributed by atoms with Crippen LogP contribution in [0.1, 0.15) is 50.7 Å². The maximum absolute atomic E-state index is 5.31. The van der Waals surface area contributed by atoms with Gasteiger partial charge in [-0.1, -0.05) is 100 Å². The van der Waals surface area contributed by atoms with Gasteiger partial charge in [0.15, 0.2) is 0 Å². The van der Waals surface area contributed by atoms with Gasteiger partial charge >= 0.3 is 0 Å². The zero-order chi connectivity index (χ0) is 32.5. The molecule has 0 N–H and O–H groups in total. The van der Waals surface area contributed by atoms with Gasteiger partial charge in [0.05, 0.1) is 48.4 Å². The Bertz CT molecular complexity index is 2420. The number of fused-ring (bicyclic) bond motifs is 4. The molecule has 4 heterocycles. The Labute approximate surface area is 286 Å². The minimum atomic E-state index is 0.346. The maximum Gasteiger partial charge on any atom is 0.146 e. The number of hydrogen-bond acceptors (Lipinski definition) is 5. The van der Waals surface area contributed by atoms with Gasteiger partial charge in [-0.3, -0.25) is 9.13 Å². The van der Waals surface area contributed by atoms with E-state index in [0.717, 1.165) is 71.8 Å². The summed E-state index contributed by atoms with van der Waals surface area (Å²) in [4.78, 5) is 15.8. The summed E-state index contributed by atoms with van der Waals surface area (Å²) >= 11 is 3.47. The molecule has 0 unspecified atom stereocenters. The monoisotopic (exact) mass is 659 g/mol. The highest BCUT2D eigenvalue weighted by Gasteiger charge is 2.28. The van der Waals surface area contributed by atoms with E-state index in [2.05, 4.69) is 145 Å². The van der Waals surface area contributed by atoms with E-state index in [1.807, 2.05) is 5.51 Å². The molecule has 0 spiro atoms. The van der Waals surface area contributed by atoms with Crippen LogP contribution in [-0.2, 0) is 0 Å². The van der Waals surface area contributed by atoms with Crippen LogP contribution in [0.2, 0.25) is 0 Å².